The summed E-state index contributed by atoms with van der Waals surface area (Å²) in [4.78, 5) is 22.2. The van der Waals surface area contributed by atoms with E-state index in [0.717, 1.165) is 5.56 Å². The second kappa shape index (κ2) is 7.96. The highest BCUT2D eigenvalue weighted by Crippen LogP contribution is 2.28. The van der Waals surface area contributed by atoms with Gasteiger partial charge >= 0.3 is 6.03 Å². The summed E-state index contributed by atoms with van der Waals surface area (Å²) in [5.74, 6) is 0.234. The first-order valence-electron chi connectivity index (χ1n) is 7.42. The lowest BCUT2D eigenvalue weighted by Crippen LogP contribution is -2.30. The molecule has 2 aromatic rings. The Morgan fingerprint density at radius 2 is 2.04 bits per heavy atom. The van der Waals surface area contributed by atoms with Gasteiger partial charge in [-0.05, 0) is 25.0 Å². The minimum atomic E-state index is -0.520. The molecule has 0 aromatic heterocycles. The van der Waals surface area contributed by atoms with E-state index in [-0.39, 0.29) is 11.4 Å². The summed E-state index contributed by atoms with van der Waals surface area (Å²) in [6.07, 6.45) is 0.715. The van der Waals surface area contributed by atoms with Crippen LogP contribution in [-0.2, 0) is 6.42 Å². The first-order valence-corrected chi connectivity index (χ1v) is 7.42. The molecule has 2 rings (SSSR count). The molecule has 0 saturated heterocycles. The molecule has 0 unspecified atom stereocenters. The maximum Gasteiger partial charge on any atom is 0.319 e. The van der Waals surface area contributed by atoms with Gasteiger partial charge in [0.25, 0.3) is 5.69 Å². The normalized spacial score (nSPS) is 10.1. The second-order valence-electron chi connectivity index (χ2n) is 5.26. The number of aryl methyl sites for hydroxylation is 1. The number of nitrogens with zero attached hydrogens (tertiary/aromatic N) is 1. The Morgan fingerprint density at radius 1 is 1.25 bits per heavy atom. The Balaban J connectivity index is 1.91. The van der Waals surface area contributed by atoms with Crippen LogP contribution in [0.2, 0.25) is 0 Å². The number of nitro groups is 1. The van der Waals surface area contributed by atoms with Gasteiger partial charge in [0.1, 0.15) is 5.75 Å². The molecule has 126 valence electrons. The van der Waals surface area contributed by atoms with E-state index in [4.69, 9.17) is 4.74 Å². The zero-order valence-corrected chi connectivity index (χ0v) is 13.5. The SMILES string of the molecule is COc1cc([N+](=O)[O-])ccc1NC(=O)NCCc1cccc(C)c1. The number of nitrogens with one attached hydrogen (secondary N) is 2. The summed E-state index contributed by atoms with van der Waals surface area (Å²) in [5, 5.41) is 16.1. The standard InChI is InChI=1S/C17H19N3O4/c1-12-4-3-5-13(10-12)8-9-18-17(21)19-15-7-6-14(20(22)23)11-16(15)24-2/h3-7,10-11H,8-9H2,1-2H3,(H2,18,19,21). The molecule has 0 saturated carbocycles. The van der Waals surface area contributed by atoms with Crippen LogP contribution in [0.15, 0.2) is 42.5 Å². The van der Waals surface area contributed by atoms with Crippen LogP contribution in [0.3, 0.4) is 0 Å². The largest absolute Gasteiger partial charge is 0.494 e. The van der Waals surface area contributed by atoms with Crippen molar-refractivity contribution in [2.24, 2.45) is 0 Å². The predicted molar refractivity (Wildman–Crippen MR) is 91.6 cm³/mol. The molecular weight excluding hydrogens is 310 g/mol. The van der Waals surface area contributed by atoms with E-state index in [1.807, 2.05) is 25.1 Å². The molecule has 0 aliphatic heterocycles. The molecule has 0 aliphatic carbocycles. The monoisotopic (exact) mass is 329 g/mol. The number of carbonyl (C=O) groups excluding carboxylic acids is 1. The third-order valence-corrected chi connectivity index (χ3v) is 3.43. The average Bonchev–Trinajstić information content (AvgIpc) is 2.55. The van der Waals surface area contributed by atoms with Crippen molar-refractivity contribution in [2.75, 3.05) is 19.0 Å². The molecule has 0 radical (unpaired) electrons. The highest BCUT2D eigenvalue weighted by Gasteiger charge is 2.13. The number of amides is 2. The first-order chi connectivity index (χ1) is 11.5. The van der Waals surface area contributed by atoms with E-state index in [2.05, 4.69) is 16.7 Å². The number of hydrogen-bond acceptors (Lipinski definition) is 4. The Bertz CT molecular complexity index is 746. The molecule has 24 heavy (non-hydrogen) atoms. The van der Waals surface area contributed by atoms with E-state index in [1.165, 1.54) is 30.9 Å². The lowest BCUT2D eigenvalue weighted by atomic mass is 10.1. The molecule has 7 nitrogen and oxygen atoms in total. The van der Waals surface area contributed by atoms with Crippen LogP contribution in [0.5, 0.6) is 5.75 Å². The Morgan fingerprint density at radius 3 is 2.71 bits per heavy atom. The Kier molecular flexibility index (Phi) is 5.73. The van der Waals surface area contributed by atoms with Gasteiger partial charge in [-0.25, -0.2) is 4.79 Å². The second-order valence-corrected chi connectivity index (χ2v) is 5.26. The van der Waals surface area contributed by atoms with Crippen LogP contribution < -0.4 is 15.4 Å². The average molecular weight is 329 g/mol. The molecule has 2 N–H and O–H groups in total. The quantitative estimate of drug-likeness (QED) is 0.628. The minimum Gasteiger partial charge on any atom is -0.494 e. The molecular formula is C17H19N3O4. The first kappa shape index (κ1) is 17.3. The summed E-state index contributed by atoms with van der Waals surface area (Å²) < 4.78 is 5.08. The third-order valence-electron chi connectivity index (χ3n) is 3.43. The number of non-ortho nitro benzene ring substituents is 1. The van der Waals surface area contributed by atoms with Gasteiger partial charge in [-0.3, -0.25) is 10.1 Å². The third kappa shape index (κ3) is 4.70. The van der Waals surface area contributed by atoms with Crippen LogP contribution in [0.1, 0.15) is 11.1 Å². The summed E-state index contributed by atoms with van der Waals surface area (Å²) >= 11 is 0. The van der Waals surface area contributed by atoms with Gasteiger partial charge in [0, 0.05) is 12.6 Å². The Hall–Kier alpha value is -3.09. The highest BCUT2D eigenvalue weighted by molar-refractivity contribution is 5.91. The van der Waals surface area contributed by atoms with Crippen molar-refractivity contribution in [3.8, 4) is 5.75 Å². The number of anilines is 1. The number of carbonyl (C=O) groups is 1. The fraction of sp³-hybridized carbons (Fsp3) is 0.235. The predicted octanol–water partition coefficient (Wildman–Crippen LogP) is 3.28. The number of rotatable bonds is 6. The van der Waals surface area contributed by atoms with E-state index in [9.17, 15) is 14.9 Å². The number of ether oxygens (including phenoxy) is 1. The van der Waals surface area contributed by atoms with Gasteiger partial charge in [-0.15, -0.1) is 0 Å². The van der Waals surface area contributed by atoms with E-state index in [0.29, 0.717) is 18.7 Å². The Labute approximate surface area is 139 Å². The van der Waals surface area contributed by atoms with Gasteiger partial charge in [0.15, 0.2) is 0 Å². The van der Waals surface area contributed by atoms with Crippen molar-refractivity contribution >= 4 is 17.4 Å². The zero-order chi connectivity index (χ0) is 17.5. The zero-order valence-electron chi connectivity index (χ0n) is 13.5. The maximum absolute atomic E-state index is 11.9. The number of hydrogen-bond donors (Lipinski definition) is 2. The van der Waals surface area contributed by atoms with Crippen molar-refractivity contribution in [3.63, 3.8) is 0 Å². The van der Waals surface area contributed by atoms with Gasteiger partial charge < -0.3 is 15.4 Å². The van der Waals surface area contributed by atoms with E-state index >= 15 is 0 Å². The van der Waals surface area contributed by atoms with Crippen molar-refractivity contribution in [1.82, 2.24) is 5.32 Å². The molecule has 0 aliphatic rings. The highest BCUT2D eigenvalue weighted by atomic mass is 16.6. The lowest BCUT2D eigenvalue weighted by Gasteiger charge is -2.11. The van der Waals surface area contributed by atoms with Gasteiger partial charge in [0.05, 0.1) is 23.8 Å². The fourth-order valence-corrected chi connectivity index (χ4v) is 2.25. The number of methoxy groups -OCH3 is 1. The summed E-state index contributed by atoms with van der Waals surface area (Å²) in [5.41, 5.74) is 2.59. The summed E-state index contributed by atoms with van der Waals surface area (Å²) in [6.45, 7) is 2.50. The van der Waals surface area contributed by atoms with Gasteiger partial charge in [-0.2, -0.15) is 0 Å². The summed E-state index contributed by atoms with van der Waals surface area (Å²) in [6, 6.07) is 11.7. The molecule has 0 heterocycles. The van der Waals surface area contributed by atoms with Crippen molar-refractivity contribution < 1.29 is 14.5 Å². The molecule has 2 aromatic carbocycles. The fourth-order valence-electron chi connectivity index (χ4n) is 2.25. The van der Waals surface area contributed by atoms with E-state index in [1.54, 1.807) is 0 Å². The number of benzene rings is 2. The van der Waals surface area contributed by atoms with E-state index < -0.39 is 11.0 Å². The van der Waals surface area contributed by atoms with Gasteiger partial charge in [0.2, 0.25) is 0 Å². The molecule has 0 atom stereocenters. The summed E-state index contributed by atoms with van der Waals surface area (Å²) in [7, 11) is 1.39. The van der Waals surface area contributed by atoms with Crippen LogP contribution in [0, 0.1) is 17.0 Å². The molecule has 2 amide bonds. The topological polar surface area (TPSA) is 93.5 Å². The maximum atomic E-state index is 11.9. The smallest absolute Gasteiger partial charge is 0.319 e. The van der Waals surface area contributed by atoms with Gasteiger partial charge in [-0.1, -0.05) is 29.8 Å². The van der Waals surface area contributed by atoms with Crippen LogP contribution in [-0.4, -0.2) is 24.6 Å². The van der Waals surface area contributed by atoms with Crippen LogP contribution >= 0.6 is 0 Å². The van der Waals surface area contributed by atoms with Crippen molar-refractivity contribution in [2.45, 2.75) is 13.3 Å². The van der Waals surface area contributed by atoms with Crippen molar-refractivity contribution in [1.29, 1.82) is 0 Å². The van der Waals surface area contributed by atoms with Crippen LogP contribution in [0.4, 0.5) is 16.2 Å². The minimum absolute atomic E-state index is 0.0998. The molecule has 0 spiro atoms. The molecule has 0 fully saturated rings. The molecule has 0 bridgehead atoms. The lowest BCUT2D eigenvalue weighted by molar-refractivity contribution is -0.384. The number of urea groups is 1. The molecule has 7 heteroatoms. The number of nitro benzene ring substituents is 1. The van der Waals surface area contributed by atoms with Crippen molar-refractivity contribution in [3.05, 3.63) is 63.7 Å². The van der Waals surface area contributed by atoms with Crippen LogP contribution in [0.25, 0.3) is 0 Å².